The molecule has 9 nitrogen and oxygen atoms in total. The van der Waals surface area contributed by atoms with Crippen molar-refractivity contribution in [1.29, 1.82) is 0 Å². The van der Waals surface area contributed by atoms with Crippen LogP contribution in [-0.4, -0.2) is 58.8 Å². The SMILES string of the molecule is [C-]#[N+]C[C@@H]1C[C@@H](n2nc(CC(=O)O)c3ccc(F)cc32)CN1S(=O)(=O)c1ccc(OC(C)C)cc1. The summed E-state index contributed by atoms with van der Waals surface area (Å²) < 4.78 is 49.5. The first-order valence-electron chi connectivity index (χ1n) is 11.1. The van der Waals surface area contributed by atoms with Crippen LogP contribution in [0.2, 0.25) is 0 Å². The van der Waals surface area contributed by atoms with Gasteiger partial charge in [0.15, 0.2) is 0 Å². The van der Waals surface area contributed by atoms with Gasteiger partial charge in [-0.25, -0.2) is 19.4 Å². The summed E-state index contributed by atoms with van der Waals surface area (Å²) >= 11 is 0. The summed E-state index contributed by atoms with van der Waals surface area (Å²) in [6, 6.07) is 9.00. The molecule has 1 aliphatic heterocycles. The lowest BCUT2D eigenvalue weighted by Gasteiger charge is -2.21. The summed E-state index contributed by atoms with van der Waals surface area (Å²) in [5.74, 6) is -1.04. The Morgan fingerprint density at radius 2 is 2.00 bits per heavy atom. The first-order valence-corrected chi connectivity index (χ1v) is 12.5. The number of fused-ring (bicyclic) bond motifs is 1. The predicted octanol–water partition coefficient (Wildman–Crippen LogP) is 3.51. The van der Waals surface area contributed by atoms with Crippen LogP contribution in [0, 0.1) is 12.4 Å². The molecule has 2 atom stereocenters. The van der Waals surface area contributed by atoms with Crippen molar-refractivity contribution < 1.29 is 27.4 Å². The van der Waals surface area contributed by atoms with Gasteiger partial charge in [-0.15, -0.1) is 0 Å². The number of ether oxygens (including phenoxy) is 1. The van der Waals surface area contributed by atoms with E-state index in [4.69, 9.17) is 11.3 Å². The molecule has 3 aromatic rings. The van der Waals surface area contributed by atoms with E-state index in [2.05, 4.69) is 9.94 Å². The van der Waals surface area contributed by atoms with E-state index in [1.165, 1.54) is 39.3 Å². The van der Waals surface area contributed by atoms with Crippen LogP contribution in [0.3, 0.4) is 0 Å². The number of hydrogen-bond acceptors (Lipinski definition) is 5. The van der Waals surface area contributed by atoms with Gasteiger partial charge in [0.2, 0.25) is 16.6 Å². The van der Waals surface area contributed by atoms with E-state index >= 15 is 0 Å². The molecule has 0 bridgehead atoms. The molecule has 1 aromatic heterocycles. The van der Waals surface area contributed by atoms with E-state index in [0.29, 0.717) is 16.7 Å². The van der Waals surface area contributed by atoms with Crippen molar-refractivity contribution in [2.24, 2.45) is 0 Å². The van der Waals surface area contributed by atoms with E-state index in [1.54, 1.807) is 12.1 Å². The molecule has 11 heteroatoms. The normalized spacial score (nSPS) is 18.7. The number of carboxylic acids is 1. The number of nitrogens with zero attached hydrogens (tertiary/aromatic N) is 4. The van der Waals surface area contributed by atoms with Crippen LogP contribution < -0.4 is 4.74 Å². The zero-order chi connectivity index (χ0) is 25.3. The van der Waals surface area contributed by atoms with Gasteiger partial charge in [-0.05, 0) is 62.7 Å². The van der Waals surface area contributed by atoms with Crippen molar-refractivity contribution in [2.45, 2.75) is 49.8 Å². The maximum atomic E-state index is 14.1. The molecular formula is C24H25FN4O5S. The Kier molecular flexibility index (Phi) is 6.78. The van der Waals surface area contributed by atoms with Crippen molar-refractivity contribution in [1.82, 2.24) is 14.1 Å². The van der Waals surface area contributed by atoms with Gasteiger partial charge >= 0.3 is 5.97 Å². The average Bonchev–Trinajstić information content (AvgIpc) is 3.35. The summed E-state index contributed by atoms with van der Waals surface area (Å²) in [6.45, 7) is 11.0. The third-order valence-corrected chi connectivity index (χ3v) is 7.79. The molecule has 0 amide bonds. The van der Waals surface area contributed by atoms with Crippen molar-refractivity contribution in [2.75, 3.05) is 13.1 Å². The van der Waals surface area contributed by atoms with E-state index < -0.39 is 33.9 Å². The van der Waals surface area contributed by atoms with Crippen LogP contribution in [0.25, 0.3) is 15.7 Å². The van der Waals surface area contributed by atoms with Crippen molar-refractivity contribution in [3.8, 4) is 5.75 Å². The zero-order valence-electron chi connectivity index (χ0n) is 19.3. The summed E-state index contributed by atoms with van der Waals surface area (Å²) in [5, 5.41) is 14.2. The van der Waals surface area contributed by atoms with Crippen molar-refractivity contribution in [3.63, 3.8) is 0 Å². The molecule has 0 saturated carbocycles. The predicted molar refractivity (Wildman–Crippen MR) is 126 cm³/mol. The fourth-order valence-electron chi connectivity index (χ4n) is 4.43. The molecule has 1 N–H and O–H groups in total. The van der Waals surface area contributed by atoms with Crippen LogP contribution >= 0.6 is 0 Å². The second-order valence-electron chi connectivity index (χ2n) is 8.72. The summed E-state index contributed by atoms with van der Waals surface area (Å²) in [6.07, 6.45) is -0.115. The minimum atomic E-state index is -3.94. The van der Waals surface area contributed by atoms with Gasteiger partial charge in [0.25, 0.3) is 0 Å². The van der Waals surface area contributed by atoms with Crippen LogP contribution in [0.1, 0.15) is 32.0 Å². The molecule has 0 unspecified atom stereocenters. The zero-order valence-corrected chi connectivity index (χ0v) is 20.1. The molecule has 184 valence electrons. The van der Waals surface area contributed by atoms with Gasteiger partial charge in [0.05, 0.1) is 40.7 Å². The number of halogens is 1. The maximum Gasteiger partial charge on any atom is 0.309 e. The lowest BCUT2D eigenvalue weighted by Crippen LogP contribution is -2.37. The monoisotopic (exact) mass is 500 g/mol. The standard InChI is InChI=1S/C24H25FN4O5S/c1-15(2)34-19-5-7-20(8-6-19)35(32,33)28-14-18(11-17(28)13-26-3)29-23-10-16(25)4-9-21(23)22(27-29)12-24(30)31/h4-10,15,17-18H,11-14H2,1-2H3,(H,30,31)/t17-,18+/m0/s1. The first kappa shape index (κ1) is 24.6. The van der Waals surface area contributed by atoms with Gasteiger partial charge in [-0.3, -0.25) is 9.48 Å². The van der Waals surface area contributed by atoms with Gasteiger partial charge in [0, 0.05) is 11.9 Å². The minimum Gasteiger partial charge on any atom is -0.491 e. The summed E-state index contributed by atoms with van der Waals surface area (Å²) in [7, 11) is -3.94. The number of hydrogen-bond donors (Lipinski definition) is 1. The number of carboxylic acid groups (broad SMARTS) is 1. The molecule has 1 saturated heterocycles. The largest absolute Gasteiger partial charge is 0.491 e. The second kappa shape index (κ2) is 9.64. The van der Waals surface area contributed by atoms with Gasteiger partial charge < -0.3 is 14.7 Å². The highest BCUT2D eigenvalue weighted by Crippen LogP contribution is 2.35. The fraction of sp³-hybridized carbons (Fsp3) is 0.375. The fourth-order valence-corrected chi connectivity index (χ4v) is 6.10. The summed E-state index contributed by atoms with van der Waals surface area (Å²) in [5.41, 5.74) is 0.665. The maximum absolute atomic E-state index is 14.1. The number of sulfonamides is 1. The molecule has 0 aliphatic carbocycles. The van der Waals surface area contributed by atoms with Crippen molar-refractivity contribution in [3.05, 3.63) is 65.4 Å². The molecule has 2 aromatic carbocycles. The van der Waals surface area contributed by atoms with E-state index in [9.17, 15) is 22.7 Å². The highest BCUT2D eigenvalue weighted by Gasteiger charge is 2.43. The topological polar surface area (TPSA) is 106 Å². The summed E-state index contributed by atoms with van der Waals surface area (Å²) in [4.78, 5) is 14.8. The smallest absolute Gasteiger partial charge is 0.309 e. The number of benzene rings is 2. The van der Waals surface area contributed by atoms with E-state index in [0.717, 1.165) is 0 Å². The van der Waals surface area contributed by atoms with Crippen LogP contribution in [0.4, 0.5) is 4.39 Å². The van der Waals surface area contributed by atoms with Gasteiger partial charge in [-0.2, -0.15) is 9.40 Å². The Hall–Kier alpha value is -3.49. The number of aliphatic carboxylic acids is 1. The lowest BCUT2D eigenvalue weighted by atomic mass is 10.1. The molecule has 1 fully saturated rings. The number of carbonyl (C=O) groups is 1. The molecule has 1 aliphatic rings. The quantitative estimate of drug-likeness (QED) is 0.475. The number of rotatable bonds is 8. The molecule has 0 radical (unpaired) electrons. The lowest BCUT2D eigenvalue weighted by molar-refractivity contribution is -0.136. The Bertz CT molecular complexity index is 1400. The highest BCUT2D eigenvalue weighted by atomic mass is 32.2. The van der Waals surface area contributed by atoms with E-state index in [-0.39, 0.29) is 42.6 Å². The first-order chi connectivity index (χ1) is 16.6. The molecular weight excluding hydrogens is 475 g/mol. The molecule has 35 heavy (non-hydrogen) atoms. The van der Waals surface area contributed by atoms with Crippen molar-refractivity contribution >= 4 is 26.9 Å². The Morgan fingerprint density at radius 1 is 1.29 bits per heavy atom. The Morgan fingerprint density at radius 3 is 2.63 bits per heavy atom. The van der Waals surface area contributed by atoms with Crippen LogP contribution in [-0.2, 0) is 21.2 Å². The van der Waals surface area contributed by atoms with E-state index in [1.807, 2.05) is 13.8 Å². The minimum absolute atomic E-state index is 0.0204. The third-order valence-electron chi connectivity index (χ3n) is 5.86. The van der Waals surface area contributed by atoms with Gasteiger partial charge in [0.1, 0.15) is 11.6 Å². The Balaban J connectivity index is 1.70. The second-order valence-corrected chi connectivity index (χ2v) is 10.6. The highest BCUT2D eigenvalue weighted by molar-refractivity contribution is 7.89. The third kappa shape index (κ3) is 4.99. The van der Waals surface area contributed by atoms with Crippen LogP contribution in [0.5, 0.6) is 5.75 Å². The Labute approximate surface area is 202 Å². The van der Waals surface area contributed by atoms with Crippen LogP contribution in [0.15, 0.2) is 47.4 Å². The molecule has 2 heterocycles. The average molecular weight is 501 g/mol. The molecule has 0 spiro atoms. The number of aromatic nitrogens is 2. The van der Waals surface area contributed by atoms with Gasteiger partial charge in [-0.1, -0.05) is 0 Å². The molecule has 4 rings (SSSR count).